The van der Waals surface area contributed by atoms with Crippen molar-refractivity contribution in [2.75, 3.05) is 11.4 Å². The fraction of sp³-hybridized carbons (Fsp3) is 0.667. The van der Waals surface area contributed by atoms with Gasteiger partial charge in [0.25, 0.3) is 0 Å². The molecule has 2 nitrogen and oxygen atoms in total. The van der Waals surface area contributed by atoms with Crippen LogP contribution in [0.3, 0.4) is 0 Å². The second kappa shape index (κ2) is 7.26. The van der Waals surface area contributed by atoms with Crippen molar-refractivity contribution in [1.82, 2.24) is 5.32 Å². The quantitative estimate of drug-likeness (QED) is 0.767. The Bertz CT molecular complexity index is 453. The lowest BCUT2D eigenvalue weighted by Crippen LogP contribution is -2.31. The van der Waals surface area contributed by atoms with Crippen LogP contribution in [0.4, 0.5) is 10.1 Å². The van der Waals surface area contributed by atoms with Crippen molar-refractivity contribution in [2.24, 2.45) is 5.92 Å². The third-order valence-electron chi connectivity index (χ3n) is 4.03. The van der Waals surface area contributed by atoms with Crippen LogP contribution in [-0.2, 0) is 6.54 Å². The molecule has 0 saturated heterocycles. The second-order valence-electron chi connectivity index (χ2n) is 6.88. The molecule has 0 bridgehead atoms. The Balaban J connectivity index is 2.20. The van der Waals surface area contributed by atoms with E-state index in [0.29, 0.717) is 24.5 Å². The fourth-order valence-electron chi connectivity index (χ4n) is 2.58. The molecule has 3 heteroatoms. The Kier molecular flexibility index (Phi) is 5.63. The van der Waals surface area contributed by atoms with E-state index in [0.717, 1.165) is 24.2 Å². The van der Waals surface area contributed by atoms with Gasteiger partial charge in [-0.05, 0) is 37.3 Å². The average Bonchev–Trinajstić information content (AvgIpc) is 3.22. The third kappa shape index (κ3) is 4.70. The van der Waals surface area contributed by atoms with E-state index in [1.165, 1.54) is 12.8 Å². The summed E-state index contributed by atoms with van der Waals surface area (Å²) in [6.45, 7) is 10.3. The summed E-state index contributed by atoms with van der Waals surface area (Å²) in [4.78, 5) is 2.43. The van der Waals surface area contributed by atoms with Crippen molar-refractivity contribution in [3.05, 3.63) is 29.6 Å². The minimum Gasteiger partial charge on any atom is -0.368 e. The molecule has 1 aliphatic rings. The third-order valence-corrected chi connectivity index (χ3v) is 4.03. The molecule has 1 saturated carbocycles. The molecule has 0 aliphatic heterocycles. The van der Waals surface area contributed by atoms with Gasteiger partial charge in [0.1, 0.15) is 5.82 Å². The van der Waals surface area contributed by atoms with Crippen molar-refractivity contribution in [1.29, 1.82) is 0 Å². The van der Waals surface area contributed by atoms with Crippen LogP contribution in [-0.4, -0.2) is 18.6 Å². The Morgan fingerprint density at radius 1 is 1.24 bits per heavy atom. The van der Waals surface area contributed by atoms with Crippen molar-refractivity contribution in [3.8, 4) is 0 Å². The first-order chi connectivity index (χ1) is 9.99. The Hall–Kier alpha value is -1.09. The van der Waals surface area contributed by atoms with Crippen LogP contribution in [0.25, 0.3) is 0 Å². The highest BCUT2D eigenvalue weighted by molar-refractivity contribution is 5.56. The van der Waals surface area contributed by atoms with Crippen LogP contribution >= 0.6 is 0 Å². The summed E-state index contributed by atoms with van der Waals surface area (Å²) in [5, 5.41) is 3.36. The van der Waals surface area contributed by atoms with Gasteiger partial charge in [-0.25, -0.2) is 4.39 Å². The molecule has 0 heterocycles. The topological polar surface area (TPSA) is 15.3 Å². The highest BCUT2D eigenvalue weighted by atomic mass is 19.1. The molecule has 2 rings (SSSR count). The molecular weight excluding hydrogens is 263 g/mol. The van der Waals surface area contributed by atoms with Crippen LogP contribution < -0.4 is 10.2 Å². The maximum atomic E-state index is 14.3. The summed E-state index contributed by atoms with van der Waals surface area (Å²) in [5.74, 6) is 0.591. The Morgan fingerprint density at radius 2 is 1.95 bits per heavy atom. The van der Waals surface area contributed by atoms with Crippen molar-refractivity contribution in [2.45, 2.75) is 65.6 Å². The number of nitrogens with zero attached hydrogens (tertiary/aromatic N) is 1. The molecule has 0 radical (unpaired) electrons. The van der Waals surface area contributed by atoms with Gasteiger partial charge in [-0.3, -0.25) is 0 Å². The molecule has 1 aliphatic carbocycles. The highest BCUT2D eigenvalue weighted by Crippen LogP contribution is 2.35. The van der Waals surface area contributed by atoms with Gasteiger partial charge in [-0.1, -0.05) is 33.8 Å². The van der Waals surface area contributed by atoms with Crippen LogP contribution in [0, 0.1) is 11.7 Å². The molecule has 1 N–H and O–H groups in total. The van der Waals surface area contributed by atoms with E-state index in [2.05, 4.69) is 44.0 Å². The number of benzene rings is 1. The first kappa shape index (κ1) is 16.3. The fourth-order valence-corrected chi connectivity index (χ4v) is 2.58. The standard InChI is InChI=1S/C18H29FN2/c1-13(2)10-11-21(15-8-9-15)18-7-5-6-17(19)16(18)12-20-14(3)4/h5-7,13-15,20H,8-12H2,1-4H3. The van der Waals surface area contributed by atoms with E-state index < -0.39 is 0 Å². The minimum absolute atomic E-state index is 0.0872. The van der Waals surface area contributed by atoms with E-state index in [4.69, 9.17) is 0 Å². The van der Waals surface area contributed by atoms with Gasteiger partial charge in [0, 0.05) is 36.4 Å². The van der Waals surface area contributed by atoms with Crippen LogP contribution in [0.2, 0.25) is 0 Å². The van der Waals surface area contributed by atoms with Gasteiger partial charge in [-0.15, -0.1) is 0 Å². The van der Waals surface area contributed by atoms with E-state index in [1.807, 2.05) is 6.07 Å². The number of anilines is 1. The van der Waals surface area contributed by atoms with Crippen LogP contribution in [0.5, 0.6) is 0 Å². The SMILES string of the molecule is CC(C)CCN(c1cccc(F)c1CNC(C)C)C1CC1. The molecule has 21 heavy (non-hydrogen) atoms. The molecule has 1 aromatic carbocycles. The molecule has 0 unspecified atom stereocenters. The predicted octanol–water partition coefficient (Wildman–Crippen LogP) is 4.34. The smallest absolute Gasteiger partial charge is 0.129 e. The zero-order valence-electron chi connectivity index (χ0n) is 13.8. The first-order valence-corrected chi connectivity index (χ1v) is 8.26. The zero-order chi connectivity index (χ0) is 15.4. The van der Waals surface area contributed by atoms with Gasteiger partial charge in [0.15, 0.2) is 0 Å². The normalized spacial score (nSPS) is 15.0. The maximum absolute atomic E-state index is 14.3. The van der Waals surface area contributed by atoms with E-state index in [-0.39, 0.29) is 5.82 Å². The van der Waals surface area contributed by atoms with Crippen LogP contribution in [0.15, 0.2) is 18.2 Å². The summed E-state index contributed by atoms with van der Waals surface area (Å²) in [5.41, 5.74) is 1.91. The molecule has 0 spiro atoms. The van der Waals surface area contributed by atoms with E-state index >= 15 is 0 Å². The zero-order valence-corrected chi connectivity index (χ0v) is 13.8. The summed E-state index contributed by atoms with van der Waals surface area (Å²) >= 11 is 0. The Morgan fingerprint density at radius 3 is 2.52 bits per heavy atom. The summed E-state index contributed by atoms with van der Waals surface area (Å²) < 4.78 is 14.3. The van der Waals surface area contributed by atoms with E-state index in [1.54, 1.807) is 6.07 Å². The molecule has 0 amide bonds. The van der Waals surface area contributed by atoms with E-state index in [9.17, 15) is 4.39 Å². The molecular formula is C18H29FN2. The lowest BCUT2D eigenvalue weighted by molar-refractivity contribution is 0.544. The predicted molar refractivity (Wildman–Crippen MR) is 88.2 cm³/mol. The van der Waals surface area contributed by atoms with Gasteiger partial charge in [0.05, 0.1) is 0 Å². The number of halogens is 1. The molecule has 0 atom stereocenters. The van der Waals surface area contributed by atoms with Crippen molar-refractivity contribution < 1.29 is 4.39 Å². The largest absolute Gasteiger partial charge is 0.368 e. The van der Waals surface area contributed by atoms with Gasteiger partial charge in [-0.2, -0.15) is 0 Å². The number of nitrogens with one attached hydrogen (secondary N) is 1. The monoisotopic (exact) mass is 292 g/mol. The lowest BCUT2D eigenvalue weighted by atomic mass is 10.1. The van der Waals surface area contributed by atoms with Gasteiger partial charge < -0.3 is 10.2 Å². The molecule has 0 aromatic heterocycles. The molecule has 1 aromatic rings. The summed E-state index contributed by atoms with van der Waals surface area (Å²) in [6.07, 6.45) is 3.64. The molecule has 118 valence electrons. The van der Waals surface area contributed by atoms with Gasteiger partial charge in [0.2, 0.25) is 0 Å². The number of hydrogen-bond acceptors (Lipinski definition) is 2. The minimum atomic E-state index is -0.0872. The first-order valence-electron chi connectivity index (χ1n) is 8.26. The average molecular weight is 292 g/mol. The summed E-state index contributed by atoms with van der Waals surface area (Å²) in [7, 11) is 0. The van der Waals surface area contributed by atoms with Crippen LogP contribution in [0.1, 0.15) is 52.5 Å². The number of rotatable bonds is 8. The second-order valence-corrected chi connectivity index (χ2v) is 6.88. The number of hydrogen-bond donors (Lipinski definition) is 1. The highest BCUT2D eigenvalue weighted by Gasteiger charge is 2.30. The lowest BCUT2D eigenvalue weighted by Gasteiger charge is -2.28. The summed E-state index contributed by atoms with van der Waals surface area (Å²) in [6, 6.07) is 6.48. The molecule has 1 fully saturated rings. The maximum Gasteiger partial charge on any atom is 0.129 e. The van der Waals surface area contributed by atoms with Crippen molar-refractivity contribution in [3.63, 3.8) is 0 Å². The Labute approximate surface area is 128 Å². The van der Waals surface area contributed by atoms with Crippen molar-refractivity contribution >= 4 is 5.69 Å². The van der Waals surface area contributed by atoms with Gasteiger partial charge >= 0.3 is 0 Å².